The summed E-state index contributed by atoms with van der Waals surface area (Å²) >= 11 is 7.33. The predicted octanol–water partition coefficient (Wildman–Crippen LogP) is 4.54. The van der Waals surface area contributed by atoms with Gasteiger partial charge in [0.25, 0.3) is 0 Å². The van der Waals surface area contributed by atoms with Gasteiger partial charge in [0.05, 0.1) is 16.8 Å². The molecule has 100 valence electrons. The van der Waals surface area contributed by atoms with E-state index in [0.717, 1.165) is 11.1 Å². The Hall–Kier alpha value is -2.04. The van der Waals surface area contributed by atoms with Gasteiger partial charge in [0, 0.05) is 10.4 Å². The molecule has 1 aromatic heterocycles. The second kappa shape index (κ2) is 5.15. The van der Waals surface area contributed by atoms with Gasteiger partial charge in [-0.1, -0.05) is 23.7 Å². The van der Waals surface area contributed by atoms with Gasteiger partial charge in [-0.05, 0) is 35.4 Å². The Kier molecular flexibility index (Phi) is 3.34. The third-order valence-electron chi connectivity index (χ3n) is 3.00. The second-order valence-corrected chi connectivity index (χ2v) is 5.39. The number of thiazole rings is 1. The van der Waals surface area contributed by atoms with Crippen LogP contribution in [0.5, 0.6) is 11.5 Å². The Balaban J connectivity index is 2.26. The minimum absolute atomic E-state index is 0.161. The van der Waals surface area contributed by atoms with Crippen molar-refractivity contribution >= 4 is 22.9 Å². The molecule has 5 heteroatoms. The van der Waals surface area contributed by atoms with Crippen LogP contribution in [0.1, 0.15) is 0 Å². The van der Waals surface area contributed by atoms with Crippen LogP contribution in [-0.4, -0.2) is 15.2 Å². The number of phenols is 2. The predicted molar refractivity (Wildman–Crippen MR) is 81.3 cm³/mol. The van der Waals surface area contributed by atoms with Crippen molar-refractivity contribution in [1.82, 2.24) is 4.98 Å². The molecule has 0 radical (unpaired) electrons. The smallest absolute Gasteiger partial charge is 0.167 e. The first-order valence-corrected chi connectivity index (χ1v) is 7.18. The van der Waals surface area contributed by atoms with Crippen LogP contribution in [0.3, 0.4) is 0 Å². The van der Waals surface area contributed by atoms with E-state index in [1.54, 1.807) is 23.7 Å². The molecular formula is C15H10ClNO2S. The fourth-order valence-corrected chi connectivity index (χ4v) is 2.71. The number of aromatic hydroxyl groups is 2. The van der Waals surface area contributed by atoms with Gasteiger partial charge >= 0.3 is 0 Å². The monoisotopic (exact) mass is 303 g/mol. The van der Waals surface area contributed by atoms with E-state index in [1.165, 1.54) is 17.4 Å². The minimum Gasteiger partial charge on any atom is -0.504 e. The van der Waals surface area contributed by atoms with Crippen LogP contribution in [0, 0.1) is 0 Å². The first kappa shape index (κ1) is 13.0. The third kappa shape index (κ3) is 2.24. The van der Waals surface area contributed by atoms with E-state index in [4.69, 9.17) is 11.6 Å². The lowest BCUT2D eigenvalue weighted by atomic mass is 9.97. The Morgan fingerprint density at radius 1 is 1.00 bits per heavy atom. The highest BCUT2D eigenvalue weighted by atomic mass is 35.5. The molecule has 2 N–H and O–H groups in total. The number of phenolic OH excluding ortho intramolecular Hbond substituents is 2. The Bertz CT molecular complexity index is 739. The topological polar surface area (TPSA) is 53.4 Å². The molecule has 0 fully saturated rings. The zero-order valence-corrected chi connectivity index (χ0v) is 11.8. The molecule has 3 nitrogen and oxygen atoms in total. The van der Waals surface area contributed by atoms with Crippen LogP contribution in [0.25, 0.3) is 22.4 Å². The molecular weight excluding hydrogens is 294 g/mol. The quantitative estimate of drug-likeness (QED) is 0.683. The molecule has 0 unspecified atom stereocenters. The number of hydrogen-bond donors (Lipinski definition) is 2. The van der Waals surface area contributed by atoms with E-state index in [9.17, 15) is 10.2 Å². The van der Waals surface area contributed by atoms with Gasteiger partial charge in [0.15, 0.2) is 11.5 Å². The van der Waals surface area contributed by atoms with Gasteiger partial charge in [-0.25, -0.2) is 4.98 Å². The summed E-state index contributed by atoms with van der Waals surface area (Å²) in [5.41, 5.74) is 4.53. The molecule has 0 aliphatic rings. The molecule has 0 saturated heterocycles. The van der Waals surface area contributed by atoms with Crippen LogP contribution in [-0.2, 0) is 0 Å². The fraction of sp³-hybridized carbons (Fsp3) is 0. The van der Waals surface area contributed by atoms with Crippen LogP contribution in [0.4, 0.5) is 0 Å². The number of rotatable bonds is 2. The SMILES string of the molecule is Oc1ccc(-c2ccc(Cl)cc2)c(-c2cscn2)c1O. The van der Waals surface area contributed by atoms with E-state index in [2.05, 4.69) is 4.98 Å². The van der Waals surface area contributed by atoms with Crippen LogP contribution >= 0.6 is 22.9 Å². The zero-order valence-electron chi connectivity index (χ0n) is 10.2. The van der Waals surface area contributed by atoms with E-state index in [-0.39, 0.29) is 11.5 Å². The minimum atomic E-state index is -0.164. The van der Waals surface area contributed by atoms with Crippen molar-refractivity contribution in [2.45, 2.75) is 0 Å². The number of aromatic nitrogens is 1. The van der Waals surface area contributed by atoms with Gasteiger partial charge in [-0.15, -0.1) is 11.3 Å². The number of halogens is 1. The summed E-state index contributed by atoms with van der Waals surface area (Å²) in [6.45, 7) is 0. The first-order valence-electron chi connectivity index (χ1n) is 5.86. The fourth-order valence-electron chi connectivity index (χ4n) is 2.05. The van der Waals surface area contributed by atoms with Crippen molar-refractivity contribution in [2.24, 2.45) is 0 Å². The standard InChI is InChI=1S/C15H10ClNO2S/c16-10-3-1-9(2-4-10)11-5-6-13(18)15(19)14(11)12-7-20-8-17-12/h1-8,18-19H. The summed E-state index contributed by atoms with van der Waals surface area (Å²) in [5.74, 6) is -0.325. The van der Waals surface area contributed by atoms with E-state index < -0.39 is 0 Å². The Morgan fingerprint density at radius 2 is 1.75 bits per heavy atom. The summed E-state index contributed by atoms with van der Waals surface area (Å²) in [4.78, 5) is 4.21. The van der Waals surface area contributed by atoms with E-state index >= 15 is 0 Å². The van der Waals surface area contributed by atoms with E-state index in [0.29, 0.717) is 16.3 Å². The molecule has 2 aromatic carbocycles. The highest BCUT2D eigenvalue weighted by Gasteiger charge is 2.16. The van der Waals surface area contributed by atoms with Gasteiger partial charge in [-0.2, -0.15) is 0 Å². The molecule has 20 heavy (non-hydrogen) atoms. The lowest BCUT2D eigenvalue weighted by molar-refractivity contribution is 0.405. The molecule has 0 bridgehead atoms. The number of nitrogens with zero attached hydrogens (tertiary/aromatic N) is 1. The third-order valence-corrected chi connectivity index (χ3v) is 3.84. The van der Waals surface area contributed by atoms with Gasteiger partial charge in [-0.3, -0.25) is 0 Å². The highest BCUT2D eigenvalue weighted by molar-refractivity contribution is 7.07. The van der Waals surface area contributed by atoms with Crippen molar-refractivity contribution < 1.29 is 10.2 Å². The molecule has 1 heterocycles. The summed E-state index contributed by atoms with van der Waals surface area (Å²) in [7, 11) is 0. The molecule has 0 saturated carbocycles. The lowest BCUT2D eigenvalue weighted by Crippen LogP contribution is -1.87. The molecule has 0 atom stereocenters. The summed E-state index contributed by atoms with van der Waals surface area (Å²) < 4.78 is 0. The molecule has 0 aliphatic carbocycles. The van der Waals surface area contributed by atoms with Crippen LogP contribution in [0.2, 0.25) is 5.02 Å². The van der Waals surface area contributed by atoms with Crippen molar-refractivity contribution in [1.29, 1.82) is 0 Å². The molecule has 0 amide bonds. The van der Waals surface area contributed by atoms with Crippen LogP contribution < -0.4 is 0 Å². The second-order valence-electron chi connectivity index (χ2n) is 4.24. The molecule has 0 spiro atoms. The number of hydrogen-bond acceptors (Lipinski definition) is 4. The van der Waals surface area contributed by atoms with Crippen molar-refractivity contribution in [3.8, 4) is 33.9 Å². The van der Waals surface area contributed by atoms with Gasteiger partial charge < -0.3 is 10.2 Å². The maximum absolute atomic E-state index is 10.2. The normalized spacial score (nSPS) is 10.7. The van der Waals surface area contributed by atoms with Crippen LogP contribution in [0.15, 0.2) is 47.3 Å². The Labute approximate surface area is 124 Å². The zero-order chi connectivity index (χ0) is 14.1. The molecule has 3 aromatic rings. The maximum atomic E-state index is 10.2. The average molecular weight is 304 g/mol. The summed E-state index contributed by atoms with van der Waals surface area (Å²) in [5, 5.41) is 22.3. The molecule has 3 rings (SSSR count). The lowest BCUT2D eigenvalue weighted by Gasteiger charge is -2.11. The van der Waals surface area contributed by atoms with Crippen molar-refractivity contribution in [3.63, 3.8) is 0 Å². The Morgan fingerprint density at radius 3 is 2.40 bits per heavy atom. The first-order chi connectivity index (χ1) is 9.66. The summed E-state index contributed by atoms with van der Waals surface area (Å²) in [6.07, 6.45) is 0. The molecule has 0 aliphatic heterocycles. The van der Waals surface area contributed by atoms with Crippen molar-refractivity contribution in [3.05, 3.63) is 52.3 Å². The number of benzene rings is 2. The van der Waals surface area contributed by atoms with Gasteiger partial charge in [0.2, 0.25) is 0 Å². The van der Waals surface area contributed by atoms with E-state index in [1.807, 2.05) is 17.5 Å². The summed E-state index contributed by atoms with van der Waals surface area (Å²) in [6, 6.07) is 10.5. The van der Waals surface area contributed by atoms with Gasteiger partial charge in [0.1, 0.15) is 0 Å². The maximum Gasteiger partial charge on any atom is 0.167 e. The highest BCUT2D eigenvalue weighted by Crippen LogP contribution is 2.43. The van der Waals surface area contributed by atoms with Crippen molar-refractivity contribution in [2.75, 3.05) is 0 Å². The average Bonchev–Trinajstić information content (AvgIpc) is 2.96. The largest absolute Gasteiger partial charge is 0.504 e.